The number of thioether (sulfide) groups is 1. The minimum absolute atomic E-state index is 0.0189. The van der Waals surface area contributed by atoms with Crippen molar-refractivity contribution in [3.8, 4) is 0 Å². The van der Waals surface area contributed by atoms with Gasteiger partial charge in [0, 0.05) is 10.4 Å². The van der Waals surface area contributed by atoms with E-state index < -0.39 is 0 Å². The molecule has 0 fully saturated rings. The van der Waals surface area contributed by atoms with Crippen LogP contribution in [0.3, 0.4) is 0 Å². The van der Waals surface area contributed by atoms with Crippen LogP contribution in [0.5, 0.6) is 0 Å². The van der Waals surface area contributed by atoms with Crippen molar-refractivity contribution in [2.24, 2.45) is 0 Å². The zero-order valence-corrected chi connectivity index (χ0v) is 16.0. The van der Waals surface area contributed by atoms with Gasteiger partial charge in [0.15, 0.2) is 0 Å². The van der Waals surface area contributed by atoms with Crippen molar-refractivity contribution in [2.45, 2.75) is 57.7 Å². The molecule has 7 heteroatoms. The third-order valence-electron chi connectivity index (χ3n) is 4.46. The number of aromatic amines is 1. The van der Waals surface area contributed by atoms with Crippen LogP contribution in [0.2, 0.25) is 0 Å². The van der Waals surface area contributed by atoms with Crippen molar-refractivity contribution >= 4 is 39.2 Å². The number of aryl methyl sites for hydroxylation is 2. The van der Waals surface area contributed by atoms with E-state index in [-0.39, 0.29) is 17.0 Å². The van der Waals surface area contributed by atoms with E-state index in [4.69, 9.17) is 0 Å². The van der Waals surface area contributed by atoms with Gasteiger partial charge in [-0.2, -0.15) is 0 Å². The van der Waals surface area contributed by atoms with Crippen molar-refractivity contribution in [3.63, 3.8) is 0 Å². The van der Waals surface area contributed by atoms with Gasteiger partial charge in [0.2, 0.25) is 5.91 Å². The Labute approximate surface area is 149 Å². The first-order valence-corrected chi connectivity index (χ1v) is 10.3. The Hall–Kier alpha value is -1.34. The molecule has 2 aromatic heterocycles. The maximum Gasteiger partial charge on any atom is 0.259 e. The molecule has 1 aliphatic rings. The van der Waals surface area contributed by atoms with Crippen LogP contribution in [0, 0.1) is 0 Å². The van der Waals surface area contributed by atoms with Crippen molar-refractivity contribution in [1.82, 2.24) is 15.3 Å². The maximum absolute atomic E-state index is 12.4. The van der Waals surface area contributed by atoms with Gasteiger partial charge >= 0.3 is 0 Å². The second kappa shape index (κ2) is 6.88. The Balaban J connectivity index is 1.64. The van der Waals surface area contributed by atoms with Crippen LogP contribution in [-0.2, 0) is 23.4 Å². The molecule has 2 aromatic rings. The highest BCUT2D eigenvalue weighted by molar-refractivity contribution is 7.99. The van der Waals surface area contributed by atoms with Gasteiger partial charge in [-0.1, -0.05) is 6.92 Å². The minimum atomic E-state index is -0.180. The van der Waals surface area contributed by atoms with E-state index >= 15 is 0 Å². The number of hydrogen-bond acceptors (Lipinski definition) is 5. The molecule has 130 valence electrons. The molecule has 1 amide bonds. The summed E-state index contributed by atoms with van der Waals surface area (Å²) in [6.07, 6.45) is 4.07. The summed E-state index contributed by atoms with van der Waals surface area (Å²) in [5, 5.41) is 3.79. The van der Waals surface area contributed by atoms with Gasteiger partial charge in [-0.05, 0) is 45.1 Å². The molecule has 0 radical (unpaired) electrons. The number of amides is 1. The zero-order valence-electron chi connectivity index (χ0n) is 14.3. The molecular weight excluding hydrogens is 342 g/mol. The van der Waals surface area contributed by atoms with E-state index in [0.29, 0.717) is 17.3 Å². The van der Waals surface area contributed by atoms with Crippen LogP contribution >= 0.6 is 23.1 Å². The predicted molar refractivity (Wildman–Crippen MR) is 101 cm³/mol. The fourth-order valence-corrected chi connectivity index (χ4v) is 4.83. The third kappa shape index (κ3) is 3.67. The summed E-state index contributed by atoms with van der Waals surface area (Å²) in [4.78, 5) is 34.0. The molecule has 0 aromatic carbocycles. The van der Waals surface area contributed by atoms with Crippen molar-refractivity contribution in [3.05, 3.63) is 26.6 Å². The Kier molecular flexibility index (Phi) is 5.01. The summed E-state index contributed by atoms with van der Waals surface area (Å²) in [5.41, 5.74) is 0.983. The third-order valence-corrected chi connectivity index (χ3v) is 6.59. The minimum Gasteiger partial charge on any atom is -0.351 e. The van der Waals surface area contributed by atoms with Crippen LogP contribution in [0.1, 0.15) is 49.9 Å². The van der Waals surface area contributed by atoms with Gasteiger partial charge in [-0.25, -0.2) is 4.98 Å². The smallest absolute Gasteiger partial charge is 0.259 e. The molecule has 0 saturated carbocycles. The number of carbonyl (C=O) groups is 1. The molecule has 5 nitrogen and oxygen atoms in total. The Bertz CT molecular complexity index is 823. The largest absolute Gasteiger partial charge is 0.351 e. The molecule has 0 atom stereocenters. The molecule has 0 saturated heterocycles. The second-order valence-electron chi connectivity index (χ2n) is 6.83. The highest BCUT2D eigenvalue weighted by Gasteiger charge is 2.21. The van der Waals surface area contributed by atoms with Gasteiger partial charge in [0.05, 0.1) is 16.9 Å². The molecule has 0 unspecified atom stereocenters. The highest BCUT2D eigenvalue weighted by Crippen LogP contribution is 2.34. The first-order valence-electron chi connectivity index (χ1n) is 8.32. The van der Waals surface area contributed by atoms with Gasteiger partial charge in [0.1, 0.15) is 10.7 Å². The number of carbonyl (C=O) groups excluding carboxylic acids is 1. The first-order chi connectivity index (χ1) is 11.4. The zero-order chi connectivity index (χ0) is 17.3. The van der Waals surface area contributed by atoms with E-state index in [1.165, 1.54) is 22.2 Å². The van der Waals surface area contributed by atoms with Crippen molar-refractivity contribution in [1.29, 1.82) is 0 Å². The molecule has 1 aliphatic carbocycles. The lowest BCUT2D eigenvalue weighted by atomic mass is 10.0. The summed E-state index contributed by atoms with van der Waals surface area (Å²) in [7, 11) is 0. The summed E-state index contributed by atoms with van der Waals surface area (Å²) < 4.78 is 0. The number of nitrogens with one attached hydrogen (secondary N) is 2. The van der Waals surface area contributed by atoms with Crippen molar-refractivity contribution < 1.29 is 4.79 Å². The maximum atomic E-state index is 12.4. The average Bonchev–Trinajstić information content (AvgIpc) is 3.06. The molecular formula is C17H23N3O2S2. The topological polar surface area (TPSA) is 74.8 Å². The molecule has 3 rings (SSSR count). The molecule has 0 bridgehead atoms. The second-order valence-corrected chi connectivity index (χ2v) is 8.90. The summed E-state index contributed by atoms with van der Waals surface area (Å²) in [5.74, 6) is 1.57. The standard InChI is InChI=1S/C17H23N3O2S2/c1-4-17(2,3)20-13(21)9-23-8-12-18-15(22)14-10-6-5-7-11(10)24-16(14)19-12/h4-9H2,1-3H3,(H,20,21)(H,18,19,22). The molecule has 0 spiro atoms. The molecule has 2 heterocycles. The number of H-pyrrole nitrogens is 1. The lowest BCUT2D eigenvalue weighted by molar-refractivity contribution is -0.120. The quantitative estimate of drug-likeness (QED) is 0.825. The van der Waals surface area contributed by atoms with Gasteiger partial charge in [0.25, 0.3) is 5.56 Å². The first kappa shape index (κ1) is 17.5. The number of hydrogen-bond donors (Lipinski definition) is 2. The van der Waals surface area contributed by atoms with Gasteiger partial charge in [-0.3, -0.25) is 9.59 Å². The summed E-state index contributed by atoms with van der Waals surface area (Å²) in [6, 6.07) is 0. The Morgan fingerprint density at radius 2 is 2.21 bits per heavy atom. The number of thiophene rings is 1. The van der Waals surface area contributed by atoms with Crippen LogP contribution in [-0.4, -0.2) is 27.2 Å². The van der Waals surface area contributed by atoms with Gasteiger partial charge < -0.3 is 10.3 Å². The van der Waals surface area contributed by atoms with Crippen LogP contribution in [0.4, 0.5) is 0 Å². The monoisotopic (exact) mass is 365 g/mol. The normalized spacial score (nSPS) is 14.1. The fourth-order valence-electron chi connectivity index (χ4n) is 2.86. The van der Waals surface area contributed by atoms with Gasteiger partial charge in [-0.15, -0.1) is 23.1 Å². The molecule has 24 heavy (non-hydrogen) atoms. The lowest BCUT2D eigenvalue weighted by Gasteiger charge is -2.24. The summed E-state index contributed by atoms with van der Waals surface area (Å²) in [6.45, 7) is 6.08. The number of aromatic nitrogens is 2. The fraction of sp³-hybridized carbons (Fsp3) is 0.588. The predicted octanol–water partition coefficient (Wildman–Crippen LogP) is 3.01. The molecule has 2 N–H and O–H groups in total. The number of rotatable bonds is 6. The van der Waals surface area contributed by atoms with E-state index in [1.54, 1.807) is 11.3 Å². The van der Waals surface area contributed by atoms with Crippen LogP contribution < -0.4 is 10.9 Å². The van der Waals surface area contributed by atoms with Crippen LogP contribution in [0.25, 0.3) is 10.2 Å². The van der Waals surface area contributed by atoms with E-state index in [1.807, 2.05) is 13.8 Å². The SMILES string of the molecule is CCC(C)(C)NC(=O)CSCc1nc2sc3c(c2c(=O)[nH]1)CCC3. The average molecular weight is 366 g/mol. The lowest BCUT2D eigenvalue weighted by Crippen LogP contribution is -2.43. The van der Waals surface area contributed by atoms with Crippen molar-refractivity contribution in [2.75, 3.05) is 5.75 Å². The summed E-state index contributed by atoms with van der Waals surface area (Å²) >= 11 is 3.12. The van der Waals surface area contributed by atoms with E-state index in [0.717, 1.165) is 35.9 Å². The number of fused-ring (bicyclic) bond motifs is 3. The van der Waals surface area contributed by atoms with E-state index in [2.05, 4.69) is 22.2 Å². The number of nitrogens with zero attached hydrogens (tertiary/aromatic N) is 1. The van der Waals surface area contributed by atoms with Crippen LogP contribution in [0.15, 0.2) is 4.79 Å². The Morgan fingerprint density at radius 3 is 2.96 bits per heavy atom. The molecule has 0 aliphatic heterocycles. The Morgan fingerprint density at radius 1 is 1.42 bits per heavy atom. The highest BCUT2D eigenvalue weighted by atomic mass is 32.2. The van der Waals surface area contributed by atoms with E-state index in [9.17, 15) is 9.59 Å².